The van der Waals surface area contributed by atoms with Crippen molar-refractivity contribution < 1.29 is 0 Å². The predicted octanol–water partition coefficient (Wildman–Crippen LogP) is 1.72. The van der Waals surface area contributed by atoms with Gasteiger partial charge in [-0.25, -0.2) is 9.97 Å². The number of aryl methyl sites for hydroxylation is 1. The highest BCUT2D eigenvalue weighted by Crippen LogP contribution is 2.28. The molecule has 1 aromatic heterocycles. The zero-order valence-electron chi connectivity index (χ0n) is 10.1. The molecule has 4 nitrogen and oxygen atoms in total. The summed E-state index contributed by atoms with van der Waals surface area (Å²) in [7, 11) is 0. The van der Waals surface area contributed by atoms with Gasteiger partial charge in [-0.15, -0.1) is 0 Å². The maximum absolute atomic E-state index is 5.97. The van der Waals surface area contributed by atoms with Crippen LogP contribution in [-0.2, 0) is 0 Å². The van der Waals surface area contributed by atoms with E-state index in [2.05, 4.69) is 19.8 Å². The SMILES string of the molecule is Cc1nc(Cl)cc(N2CCN(C3CC3)CC2)n1. The van der Waals surface area contributed by atoms with Crippen molar-refractivity contribution in [3.8, 4) is 0 Å². The normalized spacial score (nSPS) is 21.9. The summed E-state index contributed by atoms with van der Waals surface area (Å²) in [6.07, 6.45) is 2.77. The molecule has 1 aliphatic heterocycles. The van der Waals surface area contributed by atoms with Crippen molar-refractivity contribution in [2.45, 2.75) is 25.8 Å². The Morgan fingerprint density at radius 3 is 2.47 bits per heavy atom. The molecule has 0 aromatic carbocycles. The summed E-state index contributed by atoms with van der Waals surface area (Å²) in [5, 5.41) is 0.539. The number of hydrogen-bond donors (Lipinski definition) is 0. The molecule has 5 heteroatoms. The van der Waals surface area contributed by atoms with Crippen molar-refractivity contribution in [3.63, 3.8) is 0 Å². The van der Waals surface area contributed by atoms with E-state index in [9.17, 15) is 0 Å². The smallest absolute Gasteiger partial charge is 0.134 e. The van der Waals surface area contributed by atoms with E-state index >= 15 is 0 Å². The van der Waals surface area contributed by atoms with E-state index in [-0.39, 0.29) is 0 Å². The number of halogens is 1. The van der Waals surface area contributed by atoms with E-state index in [1.54, 1.807) is 0 Å². The van der Waals surface area contributed by atoms with Gasteiger partial charge in [-0.3, -0.25) is 4.90 Å². The Bertz CT molecular complexity index is 391. The van der Waals surface area contributed by atoms with Crippen molar-refractivity contribution in [3.05, 3.63) is 17.0 Å². The Morgan fingerprint density at radius 2 is 1.88 bits per heavy atom. The highest BCUT2D eigenvalue weighted by atomic mass is 35.5. The lowest BCUT2D eigenvalue weighted by Gasteiger charge is -2.35. The van der Waals surface area contributed by atoms with Crippen LogP contribution in [0.1, 0.15) is 18.7 Å². The van der Waals surface area contributed by atoms with Crippen molar-refractivity contribution in [2.75, 3.05) is 31.1 Å². The number of aromatic nitrogens is 2. The molecule has 1 saturated heterocycles. The second kappa shape index (κ2) is 4.42. The van der Waals surface area contributed by atoms with Crippen LogP contribution in [0, 0.1) is 6.92 Å². The monoisotopic (exact) mass is 252 g/mol. The molecule has 2 heterocycles. The summed E-state index contributed by atoms with van der Waals surface area (Å²) in [5.74, 6) is 1.72. The van der Waals surface area contributed by atoms with Crippen LogP contribution < -0.4 is 4.90 Å². The zero-order chi connectivity index (χ0) is 11.8. The molecule has 0 atom stereocenters. The number of hydrogen-bond acceptors (Lipinski definition) is 4. The highest BCUT2D eigenvalue weighted by molar-refractivity contribution is 6.29. The lowest BCUT2D eigenvalue weighted by atomic mass is 10.3. The molecule has 0 radical (unpaired) electrons. The fourth-order valence-corrected chi connectivity index (χ4v) is 2.65. The maximum atomic E-state index is 5.97. The average Bonchev–Trinajstić information content (AvgIpc) is 3.12. The third-order valence-corrected chi connectivity index (χ3v) is 3.69. The molecule has 3 rings (SSSR count). The van der Waals surface area contributed by atoms with Crippen LogP contribution in [0.5, 0.6) is 0 Å². The van der Waals surface area contributed by atoms with Gasteiger partial charge >= 0.3 is 0 Å². The minimum atomic E-state index is 0.539. The molecule has 0 bridgehead atoms. The Morgan fingerprint density at radius 1 is 1.18 bits per heavy atom. The van der Waals surface area contributed by atoms with Gasteiger partial charge in [0.05, 0.1) is 0 Å². The largest absolute Gasteiger partial charge is 0.354 e. The molecule has 0 unspecified atom stereocenters. The molecule has 1 aliphatic carbocycles. The molecule has 0 spiro atoms. The lowest BCUT2D eigenvalue weighted by Crippen LogP contribution is -2.47. The molecule has 1 aromatic rings. The fraction of sp³-hybridized carbons (Fsp3) is 0.667. The third-order valence-electron chi connectivity index (χ3n) is 3.49. The standard InChI is InChI=1S/C12H17ClN4/c1-9-14-11(13)8-12(15-9)17-6-4-16(5-7-17)10-2-3-10/h8,10H,2-7H2,1H3. The Kier molecular flexibility index (Phi) is 2.92. The first-order valence-corrected chi connectivity index (χ1v) is 6.60. The first kappa shape index (κ1) is 11.2. The molecule has 0 amide bonds. The van der Waals surface area contributed by atoms with E-state index in [1.807, 2.05) is 13.0 Å². The summed E-state index contributed by atoms with van der Waals surface area (Å²) in [6.45, 7) is 6.26. The highest BCUT2D eigenvalue weighted by Gasteiger charge is 2.31. The minimum Gasteiger partial charge on any atom is -0.354 e. The van der Waals surface area contributed by atoms with Gasteiger partial charge in [0, 0.05) is 38.3 Å². The van der Waals surface area contributed by atoms with Crippen LogP contribution in [0.15, 0.2) is 6.07 Å². The Labute approximate surface area is 107 Å². The summed E-state index contributed by atoms with van der Waals surface area (Å²) in [5.41, 5.74) is 0. The summed E-state index contributed by atoms with van der Waals surface area (Å²) in [6, 6.07) is 2.73. The molecule has 0 N–H and O–H groups in total. The van der Waals surface area contributed by atoms with Crippen molar-refractivity contribution >= 4 is 17.4 Å². The van der Waals surface area contributed by atoms with E-state index in [0.29, 0.717) is 5.15 Å². The van der Waals surface area contributed by atoms with Gasteiger partial charge in [0.2, 0.25) is 0 Å². The fourth-order valence-electron chi connectivity index (χ4n) is 2.43. The number of anilines is 1. The van der Waals surface area contributed by atoms with E-state index < -0.39 is 0 Å². The minimum absolute atomic E-state index is 0.539. The van der Waals surface area contributed by atoms with E-state index in [0.717, 1.165) is 43.9 Å². The van der Waals surface area contributed by atoms with Gasteiger partial charge in [0.1, 0.15) is 16.8 Å². The number of nitrogens with zero attached hydrogens (tertiary/aromatic N) is 4. The molecule has 2 fully saturated rings. The molecular weight excluding hydrogens is 236 g/mol. The van der Waals surface area contributed by atoms with Crippen molar-refractivity contribution in [2.24, 2.45) is 0 Å². The van der Waals surface area contributed by atoms with Crippen LogP contribution in [0.3, 0.4) is 0 Å². The summed E-state index contributed by atoms with van der Waals surface area (Å²) < 4.78 is 0. The molecule has 2 aliphatic rings. The quantitative estimate of drug-likeness (QED) is 0.751. The second-order valence-electron chi connectivity index (χ2n) is 4.85. The zero-order valence-corrected chi connectivity index (χ0v) is 10.8. The topological polar surface area (TPSA) is 32.3 Å². The summed E-state index contributed by atoms with van der Waals surface area (Å²) in [4.78, 5) is 13.4. The van der Waals surface area contributed by atoms with Crippen LogP contribution in [-0.4, -0.2) is 47.1 Å². The van der Waals surface area contributed by atoms with Crippen molar-refractivity contribution in [1.82, 2.24) is 14.9 Å². The average molecular weight is 253 g/mol. The van der Waals surface area contributed by atoms with Crippen LogP contribution in [0.25, 0.3) is 0 Å². The van der Waals surface area contributed by atoms with Gasteiger partial charge in [-0.05, 0) is 19.8 Å². The van der Waals surface area contributed by atoms with Gasteiger partial charge in [-0.1, -0.05) is 11.6 Å². The van der Waals surface area contributed by atoms with E-state index in [1.165, 1.54) is 12.8 Å². The predicted molar refractivity (Wildman–Crippen MR) is 68.6 cm³/mol. The maximum Gasteiger partial charge on any atom is 0.134 e. The molecule has 92 valence electrons. The number of piperazine rings is 1. The second-order valence-corrected chi connectivity index (χ2v) is 5.24. The van der Waals surface area contributed by atoms with Crippen LogP contribution >= 0.6 is 11.6 Å². The third kappa shape index (κ3) is 2.53. The molecular formula is C12H17ClN4. The number of rotatable bonds is 2. The van der Waals surface area contributed by atoms with Crippen LogP contribution in [0.4, 0.5) is 5.82 Å². The van der Waals surface area contributed by atoms with Gasteiger partial charge in [-0.2, -0.15) is 0 Å². The van der Waals surface area contributed by atoms with Crippen LogP contribution in [0.2, 0.25) is 5.15 Å². The molecule has 17 heavy (non-hydrogen) atoms. The van der Waals surface area contributed by atoms with Gasteiger partial charge < -0.3 is 4.90 Å². The first-order valence-electron chi connectivity index (χ1n) is 6.22. The van der Waals surface area contributed by atoms with Gasteiger partial charge in [0.15, 0.2) is 0 Å². The molecule has 1 saturated carbocycles. The lowest BCUT2D eigenvalue weighted by molar-refractivity contribution is 0.247. The van der Waals surface area contributed by atoms with Gasteiger partial charge in [0.25, 0.3) is 0 Å². The van der Waals surface area contributed by atoms with Crippen molar-refractivity contribution in [1.29, 1.82) is 0 Å². The Balaban J connectivity index is 1.68. The summed E-state index contributed by atoms with van der Waals surface area (Å²) >= 11 is 5.97. The van der Waals surface area contributed by atoms with E-state index in [4.69, 9.17) is 11.6 Å². The Hall–Kier alpha value is -0.870. The first-order chi connectivity index (χ1) is 8.22.